The minimum atomic E-state index is 0.101. The molecule has 0 saturated carbocycles. The summed E-state index contributed by atoms with van der Waals surface area (Å²) in [5.74, 6) is 0.101. The molecule has 0 unspecified atom stereocenters. The van der Waals surface area contributed by atoms with Gasteiger partial charge in [0.2, 0.25) is 0 Å². The highest BCUT2D eigenvalue weighted by Crippen LogP contribution is 1.88. The van der Waals surface area contributed by atoms with Crippen LogP contribution in [0.15, 0.2) is 22.5 Å². The molecule has 0 aromatic rings. The van der Waals surface area contributed by atoms with Gasteiger partial charge in [0.05, 0.1) is 0 Å². The molecule has 0 amide bonds. The summed E-state index contributed by atoms with van der Waals surface area (Å²) in [6.45, 7) is 3.21. The number of hydrogen-bond donors (Lipinski definition) is 1. The first kappa shape index (κ1) is 6.01. The molecule has 34 valence electrons. The maximum Gasteiger partial charge on any atom is 0.108 e. The van der Waals surface area contributed by atoms with E-state index in [1.807, 2.05) is 22.6 Å². The number of rotatable bonds is 1. The van der Waals surface area contributed by atoms with Gasteiger partial charge in [0.15, 0.2) is 0 Å². The van der Waals surface area contributed by atoms with E-state index in [1.165, 1.54) is 6.08 Å². The lowest BCUT2D eigenvalue weighted by molar-refractivity contribution is 0.435. The SMILES string of the molecule is C=C(O)/C=C/I. The van der Waals surface area contributed by atoms with Crippen molar-refractivity contribution in [2.75, 3.05) is 0 Å². The van der Waals surface area contributed by atoms with Crippen LogP contribution in [0.25, 0.3) is 0 Å². The van der Waals surface area contributed by atoms with Crippen molar-refractivity contribution in [2.24, 2.45) is 0 Å². The third-order valence-electron chi connectivity index (χ3n) is 0.255. The second-order valence-electron chi connectivity index (χ2n) is 0.784. The average Bonchev–Trinajstić information content (AvgIpc) is 1.35. The van der Waals surface area contributed by atoms with Gasteiger partial charge in [-0.2, -0.15) is 0 Å². The molecule has 1 N–H and O–H groups in total. The quantitative estimate of drug-likeness (QED) is 0.386. The number of aliphatic hydroxyl groups is 1. The number of allylic oxidation sites excluding steroid dienone is 1. The van der Waals surface area contributed by atoms with Crippen LogP contribution in [0.5, 0.6) is 0 Å². The van der Waals surface area contributed by atoms with E-state index < -0.39 is 0 Å². The van der Waals surface area contributed by atoms with E-state index in [4.69, 9.17) is 5.11 Å². The minimum Gasteiger partial charge on any atom is -0.509 e. The lowest BCUT2D eigenvalue weighted by Gasteiger charge is -1.75. The standard InChI is InChI=1S/C4H5IO/c1-4(6)2-3-5/h2-3,6H,1H2/b3-2+. The van der Waals surface area contributed by atoms with Crippen molar-refractivity contribution in [1.82, 2.24) is 0 Å². The first-order valence-electron chi connectivity index (χ1n) is 1.42. The molecule has 0 aromatic heterocycles. The third kappa shape index (κ3) is 4.01. The van der Waals surface area contributed by atoms with Crippen LogP contribution in [0, 0.1) is 0 Å². The van der Waals surface area contributed by atoms with Gasteiger partial charge in [-0.25, -0.2) is 0 Å². The molecular weight excluding hydrogens is 191 g/mol. The van der Waals surface area contributed by atoms with E-state index >= 15 is 0 Å². The van der Waals surface area contributed by atoms with E-state index in [0.717, 1.165) is 0 Å². The maximum absolute atomic E-state index is 8.27. The fourth-order valence-corrected chi connectivity index (χ4v) is 0.488. The third-order valence-corrected chi connectivity index (χ3v) is 0.615. The molecule has 0 bridgehead atoms. The monoisotopic (exact) mass is 196 g/mol. The summed E-state index contributed by atoms with van der Waals surface area (Å²) in [5, 5.41) is 8.27. The summed E-state index contributed by atoms with van der Waals surface area (Å²) in [6.07, 6.45) is 1.51. The van der Waals surface area contributed by atoms with Gasteiger partial charge >= 0.3 is 0 Å². The van der Waals surface area contributed by atoms with Crippen molar-refractivity contribution < 1.29 is 5.11 Å². The van der Waals surface area contributed by atoms with Gasteiger partial charge in [-0.3, -0.25) is 0 Å². The smallest absolute Gasteiger partial charge is 0.108 e. The molecule has 0 rings (SSSR count). The summed E-state index contributed by atoms with van der Waals surface area (Å²) in [4.78, 5) is 0. The van der Waals surface area contributed by atoms with E-state index in [1.54, 1.807) is 4.08 Å². The van der Waals surface area contributed by atoms with Gasteiger partial charge in [-0.15, -0.1) is 0 Å². The van der Waals surface area contributed by atoms with E-state index in [2.05, 4.69) is 6.58 Å². The zero-order chi connectivity index (χ0) is 4.99. The molecule has 0 aliphatic rings. The van der Waals surface area contributed by atoms with Gasteiger partial charge in [0.1, 0.15) is 5.76 Å². The Kier molecular flexibility index (Phi) is 3.21. The van der Waals surface area contributed by atoms with Gasteiger partial charge in [-0.05, 0) is 10.2 Å². The van der Waals surface area contributed by atoms with Gasteiger partial charge in [0, 0.05) is 0 Å². The second-order valence-corrected chi connectivity index (χ2v) is 1.50. The van der Waals surface area contributed by atoms with Crippen molar-refractivity contribution >= 4 is 22.6 Å². The molecular formula is C4H5IO. The molecule has 1 nitrogen and oxygen atoms in total. The Hall–Kier alpha value is 0.01000. The molecule has 2 heteroatoms. The molecule has 0 aliphatic heterocycles. The van der Waals surface area contributed by atoms with Crippen LogP contribution in [0.4, 0.5) is 0 Å². The van der Waals surface area contributed by atoms with Gasteiger partial charge in [0.25, 0.3) is 0 Å². The Labute approximate surface area is 50.5 Å². The Morgan fingerprint density at radius 2 is 2.33 bits per heavy atom. The minimum absolute atomic E-state index is 0.101. The summed E-state index contributed by atoms with van der Waals surface area (Å²) in [6, 6.07) is 0. The van der Waals surface area contributed by atoms with E-state index in [9.17, 15) is 0 Å². The van der Waals surface area contributed by atoms with Gasteiger partial charge in [-0.1, -0.05) is 29.2 Å². The fourth-order valence-electron chi connectivity index (χ4n) is 0.0727. The second kappa shape index (κ2) is 3.21. The van der Waals surface area contributed by atoms with Crippen LogP contribution >= 0.6 is 22.6 Å². The van der Waals surface area contributed by atoms with Crippen molar-refractivity contribution in [3.8, 4) is 0 Å². The highest BCUT2D eigenvalue weighted by atomic mass is 127. The Bertz CT molecular complexity index is 75.6. The first-order chi connectivity index (χ1) is 2.77. The molecule has 0 spiro atoms. The molecule has 0 aromatic carbocycles. The topological polar surface area (TPSA) is 20.2 Å². The highest BCUT2D eigenvalue weighted by Gasteiger charge is 1.67. The van der Waals surface area contributed by atoms with Crippen LogP contribution in [-0.2, 0) is 0 Å². The Morgan fingerprint density at radius 3 is 2.33 bits per heavy atom. The molecule has 0 atom stereocenters. The summed E-state index contributed by atoms with van der Waals surface area (Å²) >= 11 is 2.00. The Morgan fingerprint density at radius 1 is 1.83 bits per heavy atom. The summed E-state index contributed by atoms with van der Waals surface area (Å²) in [5.41, 5.74) is 0. The first-order valence-corrected chi connectivity index (χ1v) is 2.66. The predicted molar refractivity (Wildman–Crippen MR) is 34.9 cm³/mol. The van der Waals surface area contributed by atoms with E-state index in [-0.39, 0.29) is 5.76 Å². The molecule has 0 heterocycles. The Balaban J connectivity index is 3.30. The normalized spacial score (nSPS) is 9.50. The molecule has 0 fully saturated rings. The van der Waals surface area contributed by atoms with Crippen LogP contribution in [-0.4, -0.2) is 5.11 Å². The number of halogens is 1. The van der Waals surface area contributed by atoms with Crippen molar-refractivity contribution in [2.45, 2.75) is 0 Å². The van der Waals surface area contributed by atoms with E-state index in [0.29, 0.717) is 0 Å². The summed E-state index contributed by atoms with van der Waals surface area (Å²) in [7, 11) is 0. The highest BCUT2D eigenvalue weighted by molar-refractivity contribution is 14.1. The lowest BCUT2D eigenvalue weighted by Crippen LogP contribution is -1.60. The van der Waals surface area contributed by atoms with Crippen molar-refractivity contribution in [3.63, 3.8) is 0 Å². The van der Waals surface area contributed by atoms with Crippen molar-refractivity contribution in [3.05, 3.63) is 22.5 Å². The molecule has 0 radical (unpaired) electrons. The van der Waals surface area contributed by atoms with Crippen molar-refractivity contribution in [1.29, 1.82) is 0 Å². The van der Waals surface area contributed by atoms with Crippen LogP contribution in [0.2, 0.25) is 0 Å². The van der Waals surface area contributed by atoms with Crippen LogP contribution < -0.4 is 0 Å². The molecule has 0 saturated heterocycles. The number of aliphatic hydroxyl groups excluding tert-OH is 1. The maximum atomic E-state index is 8.27. The lowest BCUT2D eigenvalue weighted by atomic mass is 10.6. The number of hydrogen-bond acceptors (Lipinski definition) is 1. The average molecular weight is 196 g/mol. The molecule has 6 heavy (non-hydrogen) atoms. The van der Waals surface area contributed by atoms with Gasteiger partial charge < -0.3 is 5.11 Å². The largest absolute Gasteiger partial charge is 0.509 e. The zero-order valence-corrected chi connectivity index (χ0v) is 5.34. The fraction of sp³-hybridized carbons (Fsp3) is 0. The summed E-state index contributed by atoms with van der Waals surface area (Å²) < 4.78 is 1.69. The predicted octanol–water partition coefficient (Wildman–Crippen LogP) is 2.01. The van der Waals surface area contributed by atoms with Crippen LogP contribution in [0.3, 0.4) is 0 Å². The zero-order valence-electron chi connectivity index (χ0n) is 3.19. The molecule has 0 aliphatic carbocycles. The van der Waals surface area contributed by atoms with Crippen LogP contribution in [0.1, 0.15) is 0 Å².